The maximum Gasteiger partial charge on any atom is 0.407 e. The van der Waals surface area contributed by atoms with Crippen LogP contribution in [0.4, 0.5) is 25.1 Å². The lowest BCUT2D eigenvalue weighted by Gasteiger charge is -2.19. The van der Waals surface area contributed by atoms with Crippen LogP contribution in [0.1, 0.15) is 62.8 Å². The molecule has 9 heteroatoms. The van der Waals surface area contributed by atoms with Crippen molar-refractivity contribution in [1.29, 1.82) is 0 Å². The van der Waals surface area contributed by atoms with Gasteiger partial charge in [0.1, 0.15) is 11.8 Å². The molecule has 3 heterocycles. The number of nitrogens with zero attached hydrogens (tertiary/aromatic N) is 2. The number of carbonyl (C=O) groups excluding carboxylic acids is 1. The van der Waals surface area contributed by atoms with Crippen molar-refractivity contribution in [3.63, 3.8) is 0 Å². The molecule has 1 aliphatic heterocycles. The number of hydrogen-bond acceptors (Lipinski definition) is 5. The Balaban J connectivity index is 1.58. The van der Waals surface area contributed by atoms with E-state index in [1.165, 1.54) is 12.3 Å². The number of aromatic amines is 1. The highest BCUT2D eigenvalue weighted by Crippen LogP contribution is 2.37. The van der Waals surface area contributed by atoms with Crippen LogP contribution in [-0.2, 0) is 10.7 Å². The van der Waals surface area contributed by atoms with E-state index in [-0.39, 0.29) is 36.6 Å². The lowest BCUT2D eigenvalue weighted by molar-refractivity contribution is -0.0204. The van der Waals surface area contributed by atoms with Crippen molar-refractivity contribution in [2.75, 3.05) is 5.32 Å². The number of fused-ring (bicyclic) bond motifs is 7. The molecule has 4 rings (SSSR count). The summed E-state index contributed by atoms with van der Waals surface area (Å²) in [6.07, 6.45) is 3.48. The normalized spacial score (nSPS) is 27.1. The van der Waals surface area contributed by atoms with Crippen LogP contribution >= 0.6 is 0 Å². The summed E-state index contributed by atoms with van der Waals surface area (Å²) in [7, 11) is 0. The lowest BCUT2D eigenvalue weighted by atomic mass is 10.0. The Morgan fingerprint density at radius 3 is 2.97 bits per heavy atom. The fraction of sp³-hybridized carbons (Fsp3) is 0.550. The minimum Gasteiger partial charge on any atom is -0.446 e. The van der Waals surface area contributed by atoms with Crippen LogP contribution in [-0.4, -0.2) is 33.4 Å². The van der Waals surface area contributed by atoms with Crippen LogP contribution in [0.3, 0.4) is 0 Å². The van der Waals surface area contributed by atoms with Crippen LogP contribution in [0.2, 0.25) is 0 Å². The Bertz CT molecular complexity index is 872. The van der Waals surface area contributed by atoms with Gasteiger partial charge in [-0.2, -0.15) is 13.9 Å². The van der Waals surface area contributed by atoms with Crippen molar-refractivity contribution < 1.29 is 18.3 Å². The van der Waals surface area contributed by atoms with Gasteiger partial charge in [0, 0.05) is 42.0 Å². The zero-order valence-corrected chi connectivity index (χ0v) is 16.3. The van der Waals surface area contributed by atoms with E-state index in [1.54, 1.807) is 13.0 Å². The molecule has 0 radical (unpaired) electrons. The monoisotopic (exact) mass is 405 g/mol. The Hall–Kier alpha value is -2.71. The first-order valence-corrected chi connectivity index (χ1v) is 10.0. The van der Waals surface area contributed by atoms with Crippen molar-refractivity contribution in [3.05, 3.63) is 35.8 Å². The Morgan fingerprint density at radius 1 is 1.24 bits per heavy atom. The second-order valence-electron chi connectivity index (χ2n) is 7.94. The summed E-state index contributed by atoms with van der Waals surface area (Å²) in [6, 6.07) is 4.63. The fourth-order valence-electron chi connectivity index (χ4n) is 4.01. The summed E-state index contributed by atoms with van der Waals surface area (Å²) in [5, 5.41) is 13.1. The Kier molecular flexibility index (Phi) is 5.38. The average Bonchev–Trinajstić information content (AvgIpc) is 3.30. The minimum atomic E-state index is -3.06. The SMILES string of the molecule is C[C@@H]1CCCC(F)(F)c2cc(ccn2)Nc2cc([nH]n2)[C@H]2CC[C@H](C2)OC(=O)N1. The maximum absolute atomic E-state index is 14.6. The van der Waals surface area contributed by atoms with Gasteiger partial charge in [-0.15, -0.1) is 0 Å². The number of ether oxygens (including phenoxy) is 1. The van der Waals surface area contributed by atoms with Crippen molar-refractivity contribution in [1.82, 2.24) is 20.5 Å². The molecule has 2 aliphatic rings. The molecule has 29 heavy (non-hydrogen) atoms. The minimum absolute atomic E-state index is 0.155. The third kappa shape index (κ3) is 4.65. The molecule has 7 nitrogen and oxygen atoms in total. The number of amides is 1. The molecule has 2 aromatic heterocycles. The summed E-state index contributed by atoms with van der Waals surface area (Å²) in [5.74, 6) is -2.29. The number of H-pyrrole nitrogens is 1. The molecular weight excluding hydrogens is 380 g/mol. The van der Waals surface area contributed by atoms with E-state index in [0.29, 0.717) is 17.9 Å². The van der Waals surface area contributed by atoms with E-state index >= 15 is 0 Å². The first-order valence-electron chi connectivity index (χ1n) is 10.0. The Morgan fingerprint density at radius 2 is 2.10 bits per heavy atom. The third-order valence-corrected chi connectivity index (χ3v) is 5.59. The standard InChI is InChI=1S/C20H25F2N5O2/c1-12-3-2-7-20(21,22)17-10-14(6-8-23-17)25-18-11-16(26-27-18)13-4-5-15(9-13)29-19(28)24-12/h6,8,10-13,15H,2-5,7,9H2,1H3,(H,24,28)(H2,25,26,27)/t12-,13+,15-/m1/s1. The van der Waals surface area contributed by atoms with Gasteiger partial charge in [0.15, 0.2) is 5.82 Å². The number of hydrogen-bond donors (Lipinski definition) is 3. The van der Waals surface area contributed by atoms with Gasteiger partial charge >= 0.3 is 6.09 Å². The first kappa shape index (κ1) is 19.6. The van der Waals surface area contributed by atoms with Gasteiger partial charge in [0.05, 0.1) is 0 Å². The molecule has 3 N–H and O–H groups in total. The molecule has 2 aromatic rings. The zero-order chi connectivity index (χ0) is 20.4. The molecular formula is C20H25F2N5O2. The van der Waals surface area contributed by atoms with Crippen molar-refractivity contribution in [2.24, 2.45) is 0 Å². The molecule has 1 amide bonds. The molecule has 0 unspecified atom stereocenters. The fourth-order valence-corrected chi connectivity index (χ4v) is 4.01. The highest BCUT2D eigenvalue weighted by Gasteiger charge is 2.34. The van der Waals surface area contributed by atoms with Crippen molar-refractivity contribution >= 4 is 17.6 Å². The highest BCUT2D eigenvalue weighted by atomic mass is 19.3. The van der Waals surface area contributed by atoms with Gasteiger partial charge in [-0.25, -0.2) is 4.79 Å². The summed E-state index contributed by atoms with van der Waals surface area (Å²) < 4.78 is 34.7. The van der Waals surface area contributed by atoms with Crippen LogP contribution in [0.15, 0.2) is 24.4 Å². The molecule has 156 valence electrons. The number of aromatic nitrogens is 3. The predicted molar refractivity (Wildman–Crippen MR) is 103 cm³/mol. The maximum atomic E-state index is 14.6. The van der Waals surface area contributed by atoms with E-state index < -0.39 is 12.0 Å². The second-order valence-corrected chi connectivity index (χ2v) is 7.94. The molecule has 1 aliphatic carbocycles. The van der Waals surface area contributed by atoms with Crippen LogP contribution in [0.5, 0.6) is 0 Å². The third-order valence-electron chi connectivity index (χ3n) is 5.59. The second kappa shape index (κ2) is 7.96. The molecule has 1 saturated carbocycles. The topological polar surface area (TPSA) is 91.9 Å². The van der Waals surface area contributed by atoms with E-state index in [4.69, 9.17) is 4.74 Å². The average molecular weight is 405 g/mol. The smallest absolute Gasteiger partial charge is 0.407 e. The predicted octanol–water partition coefficient (Wildman–Crippen LogP) is 4.57. The zero-order valence-electron chi connectivity index (χ0n) is 16.3. The highest BCUT2D eigenvalue weighted by molar-refractivity contribution is 5.67. The molecule has 3 atom stereocenters. The molecule has 1 fully saturated rings. The van der Waals surface area contributed by atoms with Gasteiger partial charge in [0.2, 0.25) is 0 Å². The summed E-state index contributed by atoms with van der Waals surface area (Å²) >= 11 is 0. The van der Waals surface area contributed by atoms with E-state index in [0.717, 1.165) is 25.0 Å². The lowest BCUT2D eigenvalue weighted by Crippen LogP contribution is -2.35. The van der Waals surface area contributed by atoms with Crippen LogP contribution in [0.25, 0.3) is 0 Å². The van der Waals surface area contributed by atoms with Gasteiger partial charge in [-0.05, 0) is 51.2 Å². The number of carbonyl (C=O) groups is 1. The molecule has 0 spiro atoms. The molecule has 0 saturated heterocycles. The van der Waals surface area contributed by atoms with Gasteiger partial charge < -0.3 is 15.4 Å². The number of alkyl carbamates (subject to hydrolysis) is 1. The molecule has 6 bridgehead atoms. The number of anilines is 2. The quantitative estimate of drug-likeness (QED) is 0.597. The first-order chi connectivity index (χ1) is 13.9. The van der Waals surface area contributed by atoms with Gasteiger partial charge in [-0.3, -0.25) is 10.1 Å². The number of rotatable bonds is 0. The van der Waals surface area contributed by atoms with E-state index in [2.05, 4.69) is 25.8 Å². The van der Waals surface area contributed by atoms with Gasteiger partial charge in [-0.1, -0.05) is 0 Å². The summed E-state index contributed by atoms with van der Waals surface area (Å²) in [6.45, 7) is 1.80. The number of alkyl halides is 2. The Labute approximate surface area is 167 Å². The summed E-state index contributed by atoms with van der Waals surface area (Å²) in [4.78, 5) is 16.0. The van der Waals surface area contributed by atoms with E-state index in [9.17, 15) is 13.6 Å². The van der Waals surface area contributed by atoms with Gasteiger partial charge in [0.25, 0.3) is 5.92 Å². The number of pyridine rings is 1. The largest absolute Gasteiger partial charge is 0.446 e. The van der Waals surface area contributed by atoms with E-state index in [1.807, 2.05) is 6.07 Å². The van der Waals surface area contributed by atoms with Crippen molar-refractivity contribution in [2.45, 2.75) is 69.4 Å². The summed E-state index contributed by atoms with van der Waals surface area (Å²) in [5.41, 5.74) is 1.17. The van der Waals surface area contributed by atoms with Crippen molar-refractivity contribution in [3.8, 4) is 0 Å². The van der Waals surface area contributed by atoms with Crippen LogP contribution in [0, 0.1) is 0 Å². The number of nitrogens with one attached hydrogen (secondary N) is 3. The number of halogens is 2. The molecule has 0 aromatic carbocycles. The van der Waals surface area contributed by atoms with Crippen LogP contribution < -0.4 is 10.6 Å².